The normalized spacial score (nSPS) is 13.2. The molecule has 0 bridgehead atoms. The van der Waals surface area contributed by atoms with Gasteiger partial charge in [0.2, 0.25) is 10.0 Å². The van der Waals surface area contributed by atoms with Crippen molar-refractivity contribution in [3.63, 3.8) is 0 Å². The summed E-state index contributed by atoms with van der Waals surface area (Å²) in [5.41, 5.74) is 0.430. The molecule has 0 aromatic heterocycles. The molecule has 2 aromatic rings. The minimum Gasteiger partial charge on any atom is -0.460 e. The fourth-order valence-corrected chi connectivity index (χ4v) is 3.33. The highest BCUT2D eigenvalue weighted by molar-refractivity contribution is 7.89. The minimum absolute atomic E-state index is 0.00971. The van der Waals surface area contributed by atoms with Crippen LogP contribution >= 0.6 is 0 Å². The number of esters is 1. The molecule has 0 aliphatic rings. The average Bonchev–Trinajstić information content (AvgIpc) is 2.59. The maximum absolute atomic E-state index is 12.5. The molecule has 0 radical (unpaired) electrons. The summed E-state index contributed by atoms with van der Waals surface area (Å²) < 4.78 is 69.2. The Labute approximate surface area is 155 Å². The molecule has 146 valence electrons. The molecule has 2 rings (SSSR count). The summed E-state index contributed by atoms with van der Waals surface area (Å²) in [4.78, 5) is 12.0. The number of halogens is 3. The van der Waals surface area contributed by atoms with E-state index in [1.165, 1.54) is 31.2 Å². The van der Waals surface area contributed by atoms with Crippen LogP contribution in [0.4, 0.5) is 13.2 Å². The van der Waals surface area contributed by atoms with Crippen LogP contribution in [0.15, 0.2) is 53.4 Å². The Balaban J connectivity index is 1.94. The molecule has 0 saturated heterocycles. The Morgan fingerprint density at radius 2 is 1.63 bits per heavy atom. The summed E-state index contributed by atoms with van der Waals surface area (Å²) in [6, 6.07) is 9.07. The summed E-state index contributed by atoms with van der Waals surface area (Å²) in [5, 5.41) is 0. The summed E-state index contributed by atoms with van der Waals surface area (Å²) in [7, 11) is -3.90. The lowest BCUT2D eigenvalue weighted by atomic mass is 10.1. The first kappa shape index (κ1) is 20.9. The first-order chi connectivity index (χ1) is 12.5. The van der Waals surface area contributed by atoms with E-state index >= 15 is 0 Å². The van der Waals surface area contributed by atoms with Crippen LogP contribution in [-0.2, 0) is 32.3 Å². The molecule has 0 amide bonds. The number of nitrogens with one attached hydrogen (secondary N) is 1. The number of carbonyl (C=O) groups is 1. The zero-order valence-corrected chi connectivity index (χ0v) is 15.4. The van der Waals surface area contributed by atoms with Crippen molar-refractivity contribution in [2.75, 3.05) is 0 Å². The molecule has 5 nitrogen and oxygen atoms in total. The van der Waals surface area contributed by atoms with Gasteiger partial charge < -0.3 is 4.74 Å². The van der Waals surface area contributed by atoms with E-state index in [1.54, 1.807) is 12.1 Å². The van der Waals surface area contributed by atoms with E-state index in [0.717, 1.165) is 17.7 Å². The van der Waals surface area contributed by atoms with E-state index in [-0.39, 0.29) is 11.5 Å². The van der Waals surface area contributed by atoms with Crippen molar-refractivity contribution in [1.82, 2.24) is 4.72 Å². The van der Waals surface area contributed by atoms with Gasteiger partial charge in [-0.2, -0.15) is 17.9 Å². The Hall–Kier alpha value is -2.39. The Morgan fingerprint density at radius 3 is 2.15 bits per heavy atom. The lowest BCUT2D eigenvalue weighted by Crippen LogP contribution is -2.39. The first-order valence-corrected chi connectivity index (χ1v) is 9.39. The van der Waals surface area contributed by atoms with E-state index < -0.39 is 33.8 Å². The average molecular weight is 401 g/mol. The fraction of sp³-hybridized carbons (Fsp3) is 0.278. The zero-order chi connectivity index (χ0) is 20.2. The molecule has 2 aromatic carbocycles. The Bertz CT molecular complexity index is 892. The van der Waals surface area contributed by atoms with Crippen LogP contribution in [-0.4, -0.2) is 20.4 Å². The maximum Gasteiger partial charge on any atom is 0.416 e. The standard InChI is InChI=1S/C18H18F3NO4S/c1-12-3-9-16(10-4-12)27(24,25)22-13(2)17(23)26-11-14-5-7-15(8-6-14)18(19,20)21/h3-10,13,22H,11H2,1-2H3/t13-/m1/s1. The van der Waals surface area contributed by atoms with E-state index in [0.29, 0.717) is 5.56 Å². The second-order valence-electron chi connectivity index (χ2n) is 5.96. The summed E-state index contributed by atoms with van der Waals surface area (Å²) >= 11 is 0. The van der Waals surface area contributed by atoms with E-state index in [4.69, 9.17) is 4.74 Å². The van der Waals surface area contributed by atoms with Gasteiger partial charge in [-0.3, -0.25) is 4.79 Å². The molecule has 0 saturated carbocycles. The van der Waals surface area contributed by atoms with E-state index in [2.05, 4.69) is 4.72 Å². The number of ether oxygens (including phenoxy) is 1. The lowest BCUT2D eigenvalue weighted by molar-refractivity contribution is -0.146. The molecular formula is C18H18F3NO4S. The highest BCUT2D eigenvalue weighted by Crippen LogP contribution is 2.29. The van der Waals surface area contributed by atoms with Gasteiger partial charge in [-0.1, -0.05) is 29.8 Å². The van der Waals surface area contributed by atoms with Crippen molar-refractivity contribution >= 4 is 16.0 Å². The van der Waals surface area contributed by atoms with Gasteiger partial charge >= 0.3 is 12.1 Å². The zero-order valence-electron chi connectivity index (χ0n) is 14.6. The summed E-state index contributed by atoms with van der Waals surface area (Å²) in [5.74, 6) is -0.842. The third-order valence-electron chi connectivity index (χ3n) is 3.68. The van der Waals surface area contributed by atoms with Gasteiger partial charge in [-0.15, -0.1) is 0 Å². The number of aryl methyl sites for hydroxylation is 1. The predicted molar refractivity (Wildman–Crippen MR) is 92.2 cm³/mol. The molecule has 27 heavy (non-hydrogen) atoms. The molecule has 0 aliphatic heterocycles. The molecule has 9 heteroatoms. The van der Waals surface area contributed by atoms with Gasteiger partial charge in [-0.25, -0.2) is 8.42 Å². The molecule has 1 N–H and O–H groups in total. The molecular weight excluding hydrogens is 383 g/mol. The second kappa shape index (κ2) is 8.10. The molecule has 0 spiro atoms. The number of carbonyl (C=O) groups excluding carboxylic acids is 1. The number of benzene rings is 2. The van der Waals surface area contributed by atoms with Gasteiger partial charge in [-0.05, 0) is 43.7 Å². The fourth-order valence-electron chi connectivity index (χ4n) is 2.14. The quantitative estimate of drug-likeness (QED) is 0.753. The molecule has 0 fully saturated rings. The van der Waals surface area contributed by atoms with Gasteiger partial charge in [0, 0.05) is 0 Å². The smallest absolute Gasteiger partial charge is 0.416 e. The van der Waals surface area contributed by atoms with Crippen LogP contribution in [0.25, 0.3) is 0 Å². The van der Waals surface area contributed by atoms with Gasteiger partial charge in [0.05, 0.1) is 10.5 Å². The molecule has 1 atom stereocenters. The largest absolute Gasteiger partial charge is 0.460 e. The first-order valence-electron chi connectivity index (χ1n) is 7.91. The summed E-state index contributed by atoms with van der Waals surface area (Å²) in [6.45, 7) is 2.86. The monoisotopic (exact) mass is 401 g/mol. The van der Waals surface area contributed by atoms with Crippen LogP contribution < -0.4 is 4.72 Å². The number of hydrogen-bond acceptors (Lipinski definition) is 4. The van der Waals surface area contributed by atoms with E-state index in [9.17, 15) is 26.4 Å². The number of rotatable bonds is 6. The number of alkyl halides is 3. The SMILES string of the molecule is Cc1ccc(S(=O)(=O)N[C@H](C)C(=O)OCc2ccc(C(F)(F)F)cc2)cc1. The molecule has 0 aliphatic carbocycles. The van der Waals surface area contributed by atoms with Crippen molar-refractivity contribution in [2.45, 2.75) is 37.6 Å². The third-order valence-corrected chi connectivity index (χ3v) is 5.24. The number of hydrogen-bond donors (Lipinski definition) is 1. The Kier molecular flexibility index (Phi) is 6.27. The van der Waals surface area contributed by atoms with Gasteiger partial charge in [0.1, 0.15) is 12.6 Å². The van der Waals surface area contributed by atoms with Gasteiger partial charge in [0.15, 0.2) is 0 Å². The maximum atomic E-state index is 12.5. The van der Waals surface area contributed by atoms with Crippen LogP contribution in [0.3, 0.4) is 0 Å². The van der Waals surface area contributed by atoms with Crippen LogP contribution in [0.1, 0.15) is 23.6 Å². The van der Waals surface area contributed by atoms with Crippen molar-refractivity contribution < 1.29 is 31.1 Å². The van der Waals surface area contributed by atoms with Crippen molar-refractivity contribution in [3.8, 4) is 0 Å². The molecule has 0 heterocycles. The third kappa shape index (κ3) is 5.80. The second-order valence-corrected chi connectivity index (χ2v) is 7.67. The lowest BCUT2D eigenvalue weighted by Gasteiger charge is -2.14. The number of sulfonamides is 1. The minimum atomic E-state index is -4.45. The topological polar surface area (TPSA) is 72.5 Å². The van der Waals surface area contributed by atoms with Crippen molar-refractivity contribution in [2.24, 2.45) is 0 Å². The van der Waals surface area contributed by atoms with E-state index in [1.807, 2.05) is 6.92 Å². The van der Waals surface area contributed by atoms with Crippen LogP contribution in [0.2, 0.25) is 0 Å². The summed E-state index contributed by atoms with van der Waals surface area (Å²) in [6.07, 6.45) is -4.45. The van der Waals surface area contributed by atoms with Crippen LogP contribution in [0, 0.1) is 6.92 Å². The Morgan fingerprint density at radius 1 is 1.07 bits per heavy atom. The van der Waals surface area contributed by atoms with Crippen LogP contribution in [0.5, 0.6) is 0 Å². The highest BCUT2D eigenvalue weighted by atomic mass is 32.2. The van der Waals surface area contributed by atoms with Crippen molar-refractivity contribution in [1.29, 1.82) is 0 Å². The highest BCUT2D eigenvalue weighted by Gasteiger charge is 2.30. The van der Waals surface area contributed by atoms with Gasteiger partial charge in [0.25, 0.3) is 0 Å². The van der Waals surface area contributed by atoms with Crippen molar-refractivity contribution in [3.05, 3.63) is 65.2 Å². The molecule has 0 unspecified atom stereocenters. The predicted octanol–water partition coefficient (Wildman–Crippen LogP) is 3.42.